The highest BCUT2D eigenvalue weighted by Gasteiger charge is 2.27. The van der Waals surface area contributed by atoms with E-state index >= 15 is 0 Å². The van der Waals surface area contributed by atoms with Crippen molar-refractivity contribution in [2.75, 3.05) is 31.1 Å². The van der Waals surface area contributed by atoms with Gasteiger partial charge >= 0.3 is 0 Å². The SMILES string of the molecule is CCN(CC)CCN(C(=O)c1c(F)cccc1F)c1nc2c(F)cc(F)cc2s1.Cl. The van der Waals surface area contributed by atoms with Crippen molar-refractivity contribution in [2.24, 2.45) is 0 Å². The smallest absolute Gasteiger partial charge is 0.266 e. The van der Waals surface area contributed by atoms with Crippen LogP contribution in [0.2, 0.25) is 0 Å². The normalized spacial score (nSPS) is 11.0. The number of amides is 1. The summed E-state index contributed by atoms with van der Waals surface area (Å²) >= 11 is 0.886. The zero-order valence-corrected chi connectivity index (χ0v) is 17.9. The van der Waals surface area contributed by atoms with Gasteiger partial charge in [0.1, 0.15) is 28.5 Å². The number of aromatic nitrogens is 1. The van der Waals surface area contributed by atoms with Gasteiger partial charge in [-0.2, -0.15) is 0 Å². The zero-order valence-electron chi connectivity index (χ0n) is 16.3. The molecule has 0 fully saturated rings. The molecular formula is C20H20ClF4N3OS. The Kier molecular flexibility index (Phi) is 8.17. The molecule has 0 unspecified atom stereocenters. The fourth-order valence-corrected chi connectivity index (χ4v) is 3.99. The summed E-state index contributed by atoms with van der Waals surface area (Å²) in [5.74, 6) is -4.56. The van der Waals surface area contributed by atoms with Crippen LogP contribution in [-0.2, 0) is 0 Å². The van der Waals surface area contributed by atoms with Crippen LogP contribution in [0.25, 0.3) is 10.2 Å². The third kappa shape index (κ3) is 4.91. The third-order valence-corrected chi connectivity index (χ3v) is 5.61. The number of carbonyl (C=O) groups excluding carboxylic acids is 1. The number of carbonyl (C=O) groups is 1. The molecular weight excluding hydrogens is 442 g/mol. The summed E-state index contributed by atoms with van der Waals surface area (Å²) in [5.41, 5.74) is -0.806. The summed E-state index contributed by atoms with van der Waals surface area (Å²) in [6, 6.07) is 4.96. The Morgan fingerprint density at radius 1 is 1.00 bits per heavy atom. The Hall–Kier alpha value is -2.23. The molecule has 30 heavy (non-hydrogen) atoms. The van der Waals surface area contributed by atoms with Gasteiger partial charge in [0.15, 0.2) is 10.9 Å². The molecule has 0 spiro atoms. The Labute approximate surface area is 181 Å². The number of hydrogen-bond acceptors (Lipinski definition) is 4. The van der Waals surface area contributed by atoms with Crippen molar-refractivity contribution in [3.05, 3.63) is 59.2 Å². The van der Waals surface area contributed by atoms with Crippen LogP contribution in [0.15, 0.2) is 30.3 Å². The Morgan fingerprint density at radius 2 is 1.63 bits per heavy atom. The molecule has 0 atom stereocenters. The molecule has 0 N–H and O–H groups in total. The second kappa shape index (κ2) is 10.2. The molecule has 0 aliphatic rings. The number of halogens is 5. The Balaban J connectivity index is 0.00000320. The Morgan fingerprint density at radius 3 is 2.23 bits per heavy atom. The molecule has 10 heteroatoms. The first-order valence-electron chi connectivity index (χ1n) is 9.09. The monoisotopic (exact) mass is 461 g/mol. The second-order valence-electron chi connectivity index (χ2n) is 6.31. The standard InChI is InChI=1S/C20H19F4N3OS.ClH/c1-3-26(4-2)8-9-27(19(28)17-13(22)6-5-7-14(17)23)20-25-18-15(24)10-12(21)11-16(18)29-20;/h5-7,10-11H,3-4,8-9H2,1-2H3;1H. The minimum Gasteiger partial charge on any atom is -0.302 e. The molecule has 3 aromatic rings. The van der Waals surface area contributed by atoms with Crippen LogP contribution >= 0.6 is 23.7 Å². The molecule has 0 bridgehead atoms. The summed E-state index contributed by atoms with van der Waals surface area (Å²) in [4.78, 5) is 20.3. The number of hydrogen-bond donors (Lipinski definition) is 0. The molecule has 162 valence electrons. The number of fused-ring (bicyclic) bond motifs is 1. The molecule has 2 aromatic carbocycles. The third-order valence-electron chi connectivity index (χ3n) is 4.59. The molecule has 0 aliphatic carbocycles. The summed E-state index contributed by atoms with van der Waals surface area (Å²) in [6.07, 6.45) is 0. The topological polar surface area (TPSA) is 36.4 Å². The van der Waals surface area contributed by atoms with Gasteiger partial charge in [0.05, 0.1) is 4.70 Å². The van der Waals surface area contributed by atoms with Crippen molar-refractivity contribution in [2.45, 2.75) is 13.8 Å². The fraction of sp³-hybridized carbons (Fsp3) is 0.300. The average molecular weight is 462 g/mol. The van der Waals surface area contributed by atoms with Crippen molar-refractivity contribution in [1.82, 2.24) is 9.88 Å². The highest BCUT2D eigenvalue weighted by Crippen LogP contribution is 2.32. The predicted octanol–water partition coefficient (Wildman–Crippen LogP) is 5.26. The molecule has 1 amide bonds. The zero-order chi connectivity index (χ0) is 21.1. The maximum absolute atomic E-state index is 14.2. The number of anilines is 1. The van der Waals surface area contributed by atoms with Crippen LogP contribution < -0.4 is 4.90 Å². The van der Waals surface area contributed by atoms with Gasteiger partial charge in [-0.3, -0.25) is 9.69 Å². The lowest BCUT2D eigenvalue weighted by molar-refractivity contribution is 0.0975. The van der Waals surface area contributed by atoms with Crippen molar-refractivity contribution >= 4 is 45.0 Å². The first-order valence-corrected chi connectivity index (χ1v) is 9.91. The molecule has 0 aliphatic heterocycles. The van der Waals surface area contributed by atoms with Crippen LogP contribution in [0.5, 0.6) is 0 Å². The van der Waals surface area contributed by atoms with E-state index in [0.717, 1.165) is 40.5 Å². The van der Waals surface area contributed by atoms with Crippen LogP contribution in [0.1, 0.15) is 24.2 Å². The average Bonchev–Trinajstić information content (AvgIpc) is 3.09. The molecule has 0 saturated heterocycles. The minimum absolute atomic E-state index is 0. The van der Waals surface area contributed by atoms with Gasteiger partial charge in [-0.05, 0) is 31.3 Å². The van der Waals surface area contributed by atoms with Gasteiger partial charge in [0.25, 0.3) is 5.91 Å². The van der Waals surface area contributed by atoms with Crippen LogP contribution in [0.4, 0.5) is 22.7 Å². The fourth-order valence-electron chi connectivity index (χ4n) is 2.96. The van der Waals surface area contributed by atoms with E-state index in [4.69, 9.17) is 0 Å². The van der Waals surface area contributed by atoms with E-state index in [9.17, 15) is 22.4 Å². The number of nitrogens with zero attached hydrogens (tertiary/aromatic N) is 3. The summed E-state index contributed by atoms with van der Waals surface area (Å²) in [7, 11) is 0. The van der Waals surface area contributed by atoms with Crippen LogP contribution in [-0.4, -0.2) is 42.0 Å². The van der Waals surface area contributed by atoms with Gasteiger partial charge in [0.2, 0.25) is 0 Å². The number of thiazole rings is 1. The summed E-state index contributed by atoms with van der Waals surface area (Å²) in [6.45, 7) is 5.82. The maximum atomic E-state index is 14.2. The maximum Gasteiger partial charge on any atom is 0.266 e. The predicted molar refractivity (Wildman–Crippen MR) is 113 cm³/mol. The quantitative estimate of drug-likeness (QED) is 0.450. The van der Waals surface area contributed by atoms with Crippen molar-refractivity contribution < 1.29 is 22.4 Å². The Bertz CT molecular complexity index is 1020. The largest absolute Gasteiger partial charge is 0.302 e. The van der Waals surface area contributed by atoms with Crippen LogP contribution in [0.3, 0.4) is 0 Å². The lowest BCUT2D eigenvalue weighted by Crippen LogP contribution is -2.39. The van der Waals surface area contributed by atoms with E-state index in [1.165, 1.54) is 0 Å². The van der Waals surface area contributed by atoms with Crippen molar-refractivity contribution in [1.29, 1.82) is 0 Å². The van der Waals surface area contributed by atoms with E-state index in [2.05, 4.69) is 4.98 Å². The lowest BCUT2D eigenvalue weighted by Gasteiger charge is -2.25. The van der Waals surface area contributed by atoms with E-state index in [1.54, 1.807) is 0 Å². The van der Waals surface area contributed by atoms with Gasteiger partial charge in [-0.15, -0.1) is 12.4 Å². The molecule has 1 aromatic heterocycles. The van der Waals surface area contributed by atoms with E-state index < -0.39 is 34.7 Å². The minimum atomic E-state index is -0.999. The van der Waals surface area contributed by atoms with Gasteiger partial charge in [-0.1, -0.05) is 31.3 Å². The van der Waals surface area contributed by atoms with Crippen molar-refractivity contribution in [3.8, 4) is 0 Å². The van der Waals surface area contributed by atoms with Gasteiger partial charge in [-0.25, -0.2) is 22.5 Å². The molecule has 0 radical (unpaired) electrons. The molecule has 4 nitrogen and oxygen atoms in total. The number of likely N-dealkylation sites (N-methyl/N-ethyl adjacent to an activating group) is 1. The van der Waals surface area contributed by atoms with Crippen molar-refractivity contribution in [3.63, 3.8) is 0 Å². The molecule has 3 rings (SSSR count). The second-order valence-corrected chi connectivity index (χ2v) is 7.32. The summed E-state index contributed by atoms with van der Waals surface area (Å²) < 4.78 is 56.2. The first kappa shape index (κ1) is 24.0. The van der Waals surface area contributed by atoms with Crippen LogP contribution in [0, 0.1) is 23.3 Å². The molecule has 0 saturated carbocycles. The molecule has 1 heterocycles. The van der Waals surface area contributed by atoms with E-state index in [-0.39, 0.29) is 34.3 Å². The highest BCUT2D eigenvalue weighted by atomic mass is 35.5. The van der Waals surface area contributed by atoms with Gasteiger partial charge in [0, 0.05) is 19.2 Å². The number of rotatable bonds is 7. The number of benzene rings is 2. The first-order chi connectivity index (χ1) is 13.8. The highest BCUT2D eigenvalue weighted by molar-refractivity contribution is 7.22. The van der Waals surface area contributed by atoms with E-state index in [1.807, 2.05) is 18.7 Å². The lowest BCUT2D eigenvalue weighted by atomic mass is 10.1. The van der Waals surface area contributed by atoms with Gasteiger partial charge < -0.3 is 4.90 Å². The summed E-state index contributed by atoms with van der Waals surface area (Å²) in [5, 5.41) is 0.0457. The van der Waals surface area contributed by atoms with E-state index in [0.29, 0.717) is 25.7 Å².